The average Bonchev–Trinajstić information content (AvgIpc) is 2.53. The van der Waals surface area contributed by atoms with Gasteiger partial charge in [-0.05, 0) is 25.5 Å². The Labute approximate surface area is 108 Å². The van der Waals surface area contributed by atoms with Crippen LogP contribution < -0.4 is 10.6 Å². The van der Waals surface area contributed by atoms with Gasteiger partial charge in [0.15, 0.2) is 5.82 Å². The third kappa shape index (κ3) is 2.70. The Hall–Kier alpha value is -0.840. The first-order chi connectivity index (χ1) is 8.24. The van der Waals surface area contributed by atoms with Crippen LogP contribution in [0.3, 0.4) is 0 Å². The lowest BCUT2D eigenvalue weighted by Gasteiger charge is -2.23. The smallest absolute Gasteiger partial charge is 0.150 e. The van der Waals surface area contributed by atoms with Crippen molar-refractivity contribution >= 4 is 23.3 Å². The van der Waals surface area contributed by atoms with Gasteiger partial charge in [0, 0.05) is 25.4 Å². The SMILES string of the molecule is CCCn1nc(C)c(N)c1N1CCCSCC1. The van der Waals surface area contributed by atoms with Crippen LogP contribution in [-0.4, -0.2) is 34.4 Å². The van der Waals surface area contributed by atoms with Crippen LogP contribution in [0, 0.1) is 6.92 Å². The number of aromatic nitrogens is 2. The number of thioether (sulfide) groups is 1. The number of nitrogens with zero attached hydrogens (tertiary/aromatic N) is 3. The summed E-state index contributed by atoms with van der Waals surface area (Å²) in [5.74, 6) is 3.60. The average molecular weight is 254 g/mol. The summed E-state index contributed by atoms with van der Waals surface area (Å²) in [6.07, 6.45) is 2.33. The van der Waals surface area contributed by atoms with Gasteiger partial charge in [0.05, 0.1) is 11.4 Å². The fourth-order valence-electron chi connectivity index (χ4n) is 2.24. The summed E-state index contributed by atoms with van der Waals surface area (Å²) in [6, 6.07) is 0. The van der Waals surface area contributed by atoms with Crippen molar-refractivity contribution < 1.29 is 0 Å². The first-order valence-corrected chi connectivity index (χ1v) is 7.55. The van der Waals surface area contributed by atoms with Crippen molar-refractivity contribution in [2.24, 2.45) is 0 Å². The Kier molecular flexibility index (Phi) is 4.20. The lowest BCUT2D eigenvalue weighted by atomic mass is 10.3. The number of anilines is 2. The molecule has 1 aliphatic rings. The lowest BCUT2D eigenvalue weighted by molar-refractivity contribution is 0.586. The van der Waals surface area contributed by atoms with Gasteiger partial charge in [-0.25, -0.2) is 4.68 Å². The number of aryl methyl sites for hydroxylation is 2. The normalized spacial score (nSPS) is 17.2. The van der Waals surface area contributed by atoms with Crippen molar-refractivity contribution in [3.8, 4) is 0 Å². The molecule has 1 aromatic heterocycles. The Morgan fingerprint density at radius 2 is 2.18 bits per heavy atom. The van der Waals surface area contributed by atoms with Crippen molar-refractivity contribution in [3.05, 3.63) is 5.69 Å². The minimum Gasteiger partial charge on any atom is -0.394 e. The molecule has 0 bridgehead atoms. The zero-order valence-electron chi connectivity index (χ0n) is 10.8. The molecule has 0 radical (unpaired) electrons. The number of hydrogen-bond donors (Lipinski definition) is 1. The van der Waals surface area contributed by atoms with Gasteiger partial charge in [-0.1, -0.05) is 6.92 Å². The topological polar surface area (TPSA) is 47.1 Å². The molecule has 1 saturated heterocycles. The summed E-state index contributed by atoms with van der Waals surface area (Å²) in [6.45, 7) is 7.32. The largest absolute Gasteiger partial charge is 0.394 e. The number of hydrogen-bond acceptors (Lipinski definition) is 4. The van der Waals surface area contributed by atoms with Crippen LogP contribution in [0.25, 0.3) is 0 Å². The van der Waals surface area contributed by atoms with E-state index in [1.807, 2.05) is 18.7 Å². The fraction of sp³-hybridized carbons (Fsp3) is 0.750. The fourth-order valence-corrected chi connectivity index (χ4v) is 3.13. The van der Waals surface area contributed by atoms with Gasteiger partial charge in [0.1, 0.15) is 0 Å². The molecule has 0 spiro atoms. The molecule has 2 heterocycles. The molecule has 0 aliphatic carbocycles. The molecule has 5 heteroatoms. The van der Waals surface area contributed by atoms with E-state index in [0.29, 0.717) is 0 Å². The molecule has 2 N–H and O–H groups in total. The Balaban J connectivity index is 2.27. The minimum absolute atomic E-state index is 0.866. The number of nitrogen functional groups attached to an aromatic ring is 1. The predicted molar refractivity (Wildman–Crippen MR) is 75.8 cm³/mol. The summed E-state index contributed by atoms with van der Waals surface area (Å²) in [5.41, 5.74) is 8.01. The van der Waals surface area contributed by atoms with E-state index in [0.717, 1.165) is 43.3 Å². The molecule has 1 aliphatic heterocycles. The summed E-state index contributed by atoms with van der Waals surface area (Å²) in [7, 11) is 0. The Morgan fingerprint density at radius 1 is 1.35 bits per heavy atom. The van der Waals surface area contributed by atoms with Gasteiger partial charge in [-0.3, -0.25) is 0 Å². The molecule has 0 amide bonds. The van der Waals surface area contributed by atoms with Crippen LogP contribution in [-0.2, 0) is 6.54 Å². The van der Waals surface area contributed by atoms with Crippen LogP contribution in [0.1, 0.15) is 25.5 Å². The first-order valence-electron chi connectivity index (χ1n) is 6.39. The van der Waals surface area contributed by atoms with Gasteiger partial charge >= 0.3 is 0 Å². The Morgan fingerprint density at radius 3 is 2.94 bits per heavy atom. The monoisotopic (exact) mass is 254 g/mol. The van der Waals surface area contributed by atoms with E-state index >= 15 is 0 Å². The molecule has 1 fully saturated rings. The van der Waals surface area contributed by atoms with Crippen LogP contribution in [0.2, 0.25) is 0 Å². The van der Waals surface area contributed by atoms with E-state index in [-0.39, 0.29) is 0 Å². The maximum absolute atomic E-state index is 6.18. The molecule has 0 unspecified atom stereocenters. The molecular weight excluding hydrogens is 232 g/mol. The van der Waals surface area contributed by atoms with Crippen molar-refractivity contribution in [3.63, 3.8) is 0 Å². The molecule has 0 aromatic carbocycles. The minimum atomic E-state index is 0.866. The highest BCUT2D eigenvalue weighted by Gasteiger charge is 2.19. The van der Waals surface area contributed by atoms with Gasteiger partial charge in [0.25, 0.3) is 0 Å². The van der Waals surface area contributed by atoms with Crippen LogP contribution >= 0.6 is 11.8 Å². The number of nitrogens with two attached hydrogens (primary N) is 1. The van der Waals surface area contributed by atoms with E-state index in [4.69, 9.17) is 5.73 Å². The van der Waals surface area contributed by atoms with Crippen molar-refractivity contribution in [2.75, 3.05) is 35.2 Å². The first kappa shape index (κ1) is 12.6. The maximum Gasteiger partial charge on any atom is 0.150 e. The molecule has 17 heavy (non-hydrogen) atoms. The zero-order chi connectivity index (χ0) is 12.3. The molecular formula is C12H22N4S. The van der Waals surface area contributed by atoms with Crippen molar-refractivity contribution in [1.29, 1.82) is 0 Å². The molecule has 0 atom stereocenters. The van der Waals surface area contributed by atoms with E-state index in [1.54, 1.807) is 0 Å². The summed E-state index contributed by atoms with van der Waals surface area (Å²) in [5, 5.41) is 4.55. The lowest BCUT2D eigenvalue weighted by Crippen LogP contribution is -2.28. The maximum atomic E-state index is 6.18. The van der Waals surface area contributed by atoms with E-state index in [9.17, 15) is 0 Å². The van der Waals surface area contributed by atoms with Crippen LogP contribution in [0.5, 0.6) is 0 Å². The molecule has 1 aromatic rings. The molecule has 2 rings (SSSR count). The summed E-state index contributed by atoms with van der Waals surface area (Å²) >= 11 is 2.03. The third-order valence-electron chi connectivity index (χ3n) is 3.10. The summed E-state index contributed by atoms with van der Waals surface area (Å²) < 4.78 is 2.08. The van der Waals surface area contributed by atoms with Gasteiger partial charge in [-0.15, -0.1) is 0 Å². The number of rotatable bonds is 3. The van der Waals surface area contributed by atoms with Crippen molar-refractivity contribution in [1.82, 2.24) is 9.78 Å². The highest BCUT2D eigenvalue weighted by molar-refractivity contribution is 7.99. The third-order valence-corrected chi connectivity index (χ3v) is 4.15. The molecule has 96 valence electrons. The van der Waals surface area contributed by atoms with Gasteiger partial charge in [-0.2, -0.15) is 16.9 Å². The van der Waals surface area contributed by atoms with E-state index < -0.39 is 0 Å². The second-order valence-electron chi connectivity index (χ2n) is 4.50. The van der Waals surface area contributed by atoms with Gasteiger partial charge in [0.2, 0.25) is 0 Å². The zero-order valence-corrected chi connectivity index (χ0v) is 11.6. The van der Waals surface area contributed by atoms with E-state index in [2.05, 4.69) is 21.6 Å². The molecule has 4 nitrogen and oxygen atoms in total. The second kappa shape index (κ2) is 5.67. The van der Waals surface area contributed by atoms with Gasteiger partial charge < -0.3 is 10.6 Å². The van der Waals surface area contributed by atoms with E-state index in [1.165, 1.54) is 17.9 Å². The second-order valence-corrected chi connectivity index (χ2v) is 5.72. The summed E-state index contributed by atoms with van der Waals surface area (Å²) in [4.78, 5) is 2.41. The quantitative estimate of drug-likeness (QED) is 0.897. The van der Waals surface area contributed by atoms with Crippen LogP contribution in [0.15, 0.2) is 0 Å². The highest BCUT2D eigenvalue weighted by atomic mass is 32.2. The molecule has 0 saturated carbocycles. The predicted octanol–water partition coefficient (Wildman–Crippen LogP) is 2.13. The Bertz CT molecular complexity index is 367. The highest BCUT2D eigenvalue weighted by Crippen LogP contribution is 2.28. The van der Waals surface area contributed by atoms with Crippen LogP contribution in [0.4, 0.5) is 11.5 Å². The standard InChI is InChI=1S/C12H22N4S/c1-3-5-16-12(11(13)10(2)14-16)15-6-4-8-17-9-7-15/h3-9,13H2,1-2H3. The van der Waals surface area contributed by atoms with Crippen molar-refractivity contribution in [2.45, 2.75) is 33.2 Å².